The quantitative estimate of drug-likeness (QED) is 0.601. The minimum atomic E-state index is -1.01. The molecule has 0 atom stereocenters. The summed E-state index contributed by atoms with van der Waals surface area (Å²) in [5.74, 6) is -1.01. The number of aromatic carboxylic acids is 1. The molecule has 0 aliphatic rings. The molecule has 74 valence electrons. The van der Waals surface area contributed by atoms with E-state index in [0.717, 1.165) is 0 Å². The molecule has 0 fully saturated rings. The SMILES string of the molecule is N#CC(C#N)=Cc1ccc(C(=O)O)cc1.[NaH]. The second-order valence-electron chi connectivity index (χ2n) is 2.71. The summed E-state index contributed by atoms with van der Waals surface area (Å²) in [6, 6.07) is 9.36. The van der Waals surface area contributed by atoms with Gasteiger partial charge in [0.2, 0.25) is 0 Å². The monoisotopic (exact) mass is 222 g/mol. The van der Waals surface area contributed by atoms with Crippen molar-refractivity contribution in [1.82, 2.24) is 0 Å². The number of hydrogen-bond donors (Lipinski definition) is 1. The van der Waals surface area contributed by atoms with E-state index in [1.807, 2.05) is 0 Å². The van der Waals surface area contributed by atoms with E-state index >= 15 is 0 Å². The van der Waals surface area contributed by atoms with Crippen molar-refractivity contribution in [3.63, 3.8) is 0 Å². The fraction of sp³-hybridized carbons (Fsp3) is 0. The van der Waals surface area contributed by atoms with Crippen LogP contribution in [0.5, 0.6) is 0 Å². The number of rotatable bonds is 2. The molecule has 4 nitrogen and oxygen atoms in total. The Morgan fingerprint density at radius 3 is 2.06 bits per heavy atom. The van der Waals surface area contributed by atoms with Crippen LogP contribution in [0.3, 0.4) is 0 Å². The Kier molecular flexibility index (Phi) is 6.14. The van der Waals surface area contributed by atoms with Gasteiger partial charge in [0.15, 0.2) is 0 Å². The number of hydrogen-bond acceptors (Lipinski definition) is 3. The summed E-state index contributed by atoms with van der Waals surface area (Å²) in [5, 5.41) is 25.6. The zero-order chi connectivity index (χ0) is 11.3. The van der Waals surface area contributed by atoms with Gasteiger partial charge in [-0.3, -0.25) is 0 Å². The Morgan fingerprint density at radius 2 is 1.69 bits per heavy atom. The summed E-state index contributed by atoms with van der Waals surface area (Å²) >= 11 is 0. The third-order valence-electron chi connectivity index (χ3n) is 1.71. The third kappa shape index (κ3) is 3.88. The maximum atomic E-state index is 10.5. The molecule has 0 bridgehead atoms. The molecule has 0 aromatic heterocycles. The Hall–Kier alpha value is -1.59. The average Bonchev–Trinajstić information content (AvgIpc) is 2.26. The number of allylic oxidation sites excluding steroid dienone is 1. The van der Waals surface area contributed by atoms with Gasteiger partial charge in [0.25, 0.3) is 0 Å². The average molecular weight is 222 g/mol. The van der Waals surface area contributed by atoms with E-state index in [-0.39, 0.29) is 40.7 Å². The number of carboxylic acid groups (broad SMARTS) is 1. The van der Waals surface area contributed by atoms with Gasteiger partial charge in [0.05, 0.1) is 5.56 Å². The van der Waals surface area contributed by atoms with Crippen LogP contribution < -0.4 is 0 Å². The first kappa shape index (κ1) is 14.4. The van der Waals surface area contributed by atoms with Crippen LogP contribution in [0.25, 0.3) is 6.08 Å². The van der Waals surface area contributed by atoms with Gasteiger partial charge in [-0.2, -0.15) is 10.5 Å². The van der Waals surface area contributed by atoms with Crippen LogP contribution in [-0.4, -0.2) is 40.6 Å². The summed E-state index contributed by atoms with van der Waals surface area (Å²) < 4.78 is 0. The van der Waals surface area contributed by atoms with Gasteiger partial charge in [-0.25, -0.2) is 4.79 Å². The van der Waals surface area contributed by atoms with E-state index in [1.54, 1.807) is 12.1 Å². The second kappa shape index (κ2) is 6.81. The molecule has 1 rings (SSSR count). The number of carbonyl (C=O) groups is 1. The predicted molar refractivity (Wildman–Crippen MR) is 59.8 cm³/mol. The van der Waals surface area contributed by atoms with Crippen LogP contribution in [0.15, 0.2) is 29.8 Å². The second-order valence-corrected chi connectivity index (χ2v) is 2.71. The third-order valence-corrected chi connectivity index (χ3v) is 1.71. The molecule has 1 N–H and O–H groups in total. The van der Waals surface area contributed by atoms with Crippen LogP contribution in [0.4, 0.5) is 0 Å². The van der Waals surface area contributed by atoms with E-state index < -0.39 is 5.97 Å². The zero-order valence-corrected chi connectivity index (χ0v) is 7.64. The first-order valence-electron chi connectivity index (χ1n) is 4.02. The van der Waals surface area contributed by atoms with Crippen molar-refractivity contribution >= 4 is 41.6 Å². The molecule has 0 aliphatic carbocycles. The molecule has 0 aliphatic heterocycles. The van der Waals surface area contributed by atoms with Crippen molar-refractivity contribution in [2.45, 2.75) is 0 Å². The van der Waals surface area contributed by atoms with Gasteiger partial charge in [0, 0.05) is 0 Å². The van der Waals surface area contributed by atoms with Crippen LogP contribution in [0.1, 0.15) is 15.9 Å². The number of nitrogens with zero attached hydrogens (tertiary/aromatic N) is 2. The van der Waals surface area contributed by atoms with Gasteiger partial charge in [-0.15, -0.1) is 0 Å². The Labute approximate surface area is 115 Å². The standard InChI is InChI=1S/C11H6N2O2.Na.H/c12-6-9(7-13)5-8-1-3-10(4-2-8)11(14)15;;/h1-5H,(H,14,15);;. The summed E-state index contributed by atoms with van der Waals surface area (Å²) in [4.78, 5) is 10.5. The van der Waals surface area contributed by atoms with Crippen molar-refractivity contribution in [3.05, 3.63) is 41.0 Å². The molecule has 0 unspecified atom stereocenters. The summed E-state index contributed by atoms with van der Waals surface area (Å²) in [6.45, 7) is 0. The van der Waals surface area contributed by atoms with Gasteiger partial charge in [0.1, 0.15) is 17.7 Å². The molecular weight excluding hydrogens is 215 g/mol. The summed E-state index contributed by atoms with van der Waals surface area (Å²) in [6.07, 6.45) is 1.39. The minimum absolute atomic E-state index is 0. The molecule has 0 amide bonds. The molecular formula is C11H7N2NaO2. The Morgan fingerprint density at radius 1 is 1.19 bits per heavy atom. The molecule has 1 aromatic rings. The molecule has 0 spiro atoms. The van der Waals surface area contributed by atoms with E-state index in [4.69, 9.17) is 15.6 Å². The van der Waals surface area contributed by atoms with Crippen LogP contribution in [-0.2, 0) is 0 Å². The first-order valence-corrected chi connectivity index (χ1v) is 4.02. The van der Waals surface area contributed by atoms with Crippen molar-refractivity contribution in [2.75, 3.05) is 0 Å². The Balaban J connectivity index is 0.00000225. The number of nitriles is 2. The molecule has 1 aromatic carbocycles. The van der Waals surface area contributed by atoms with Gasteiger partial charge in [-0.05, 0) is 23.8 Å². The molecule has 16 heavy (non-hydrogen) atoms. The van der Waals surface area contributed by atoms with Crippen LogP contribution >= 0.6 is 0 Å². The first-order chi connectivity index (χ1) is 7.17. The van der Waals surface area contributed by atoms with Crippen molar-refractivity contribution in [2.24, 2.45) is 0 Å². The van der Waals surface area contributed by atoms with Crippen molar-refractivity contribution < 1.29 is 9.90 Å². The number of carboxylic acids is 1. The molecule has 0 saturated heterocycles. The fourth-order valence-electron chi connectivity index (χ4n) is 0.978. The molecule has 0 saturated carbocycles. The zero-order valence-electron chi connectivity index (χ0n) is 7.64. The molecule has 0 heterocycles. The van der Waals surface area contributed by atoms with Crippen molar-refractivity contribution in [3.8, 4) is 12.1 Å². The number of benzene rings is 1. The molecule has 5 heteroatoms. The van der Waals surface area contributed by atoms with Gasteiger partial charge < -0.3 is 5.11 Å². The van der Waals surface area contributed by atoms with Gasteiger partial charge >= 0.3 is 35.5 Å². The van der Waals surface area contributed by atoms with E-state index in [0.29, 0.717) is 5.56 Å². The van der Waals surface area contributed by atoms with Crippen molar-refractivity contribution in [1.29, 1.82) is 10.5 Å². The van der Waals surface area contributed by atoms with Crippen LogP contribution in [0, 0.1) is 22.7 Å². The maximum absolute atomic E-state index is 10.5. The predicted octanol–water partition coefficient (Wildman–Crippen LogP) is 1.17. The van der Waals surface area contributed by atoms with E-state index in [2.05, 4.69) is 0 Å². The normalized spacial score (nSPS) is 7.88. The van der Waals surface area contributed by atoms with E-state index in [1.165, 1.54) is 30.3 Å². The summed E-state index contributed by atoms with van der Waals surface area (Å²) in [7, 11) is 0. The van der Waals surface area contributed by atoms with E-state index in [9.17, 15) is 4.79 Å². The van der Waals surface area contributed by atoms with Crippen LogP contribution in [0.2, 0.25) is 0 Å². The Bertz CT molecular complexity index is 476. The summed E-state index contributed by atoms with van der Waals surface area (Å²) in [5.41, 5.74) is 0.777. The topological polar surface area (TPSA) is 84.9 Å². The fourth-order valence-corrected chi connectivity index (χ4v) is 0.978. The molecule has 0 radical (unpaired) electrons. The van der Waals surface area contributed by atoms with Gasteiger partial charge in [-0.1, -0.05) is 12.1 Å².